The number of hydrogen-bond acceptors (Lipinski definition) is 2. The minimum absolute atomic E-state index is 0.189. The second-order valence-electron chi connectivity index (χ2n) is 4.12. The van der Waals surface area contributed by atoms with Crippen LogP contribution in [-0.2, 0) is 9.84 Å². The van der Waals surface area contributed by atoms with Crippen molar-refractivity contribution >= 4 is 9.84 Å². The Morgan fingerprint density at radius 2 is 1.83 bits per heavy atom. The number of sulfone groups is 1. The van der Waals surface area contributed by atoms with Crippen molar-refractivity contribution < 1.29 is 21.6 Å². The SMILES string of the molecule is CCC(C)c1ccccc1S(=O)(=O)C(F)(F)CF. The van der Waals surface area contributed by atoms with Crippen molar-refractivity contribution in [2.24, 2.45) is 0 Å². The van der Waals surface area contributed by atoms with E-state index in [2.05, 4.69) is 0 Å². The molecular formula is C12H15F3O2S. The largest absolute Gasteiger partial charge is 0.377 e. The van der Waals surface area contributed by atoms with E-state index in [1.54, 1.807) is 13.0 Å². The molecule has 0 heterocycles. The first-order chi connectivity index (χ1) is 8.28. The molecule has 0 bridgehead atoms. The van der Waals surface area contributed by atoms with Crippen molar-refractivity contribution in [1.82, 2.24) is 0 Å². The van der Waals surface area contributed by atoms with E-state index < -0.39 is 26.7 Å². The first-order valence-electron chi connectivity index (χ1n) is 5.55. The van der Waals surface area contributed by atoms with Crippen molar-refractivity contribution in [3.63, 3.8) is 0 Å². The van der Waals surface area contributed by atoms with E-state index in [1.165, 1.54) is 12.1 Å². The van der Waals surface area contributed by atoms with Gasteiger partial charge in [-0.1, -0.05) is 32.0 Å². The van der Waals surface area contributed by atoms with Crippen LogP contribution in [0, 0.1) is 0 Å². The lowest BCUT2D eigenvalue weighted by molar-refractivity contribution is 0.0619. The van der Waals surface area contributed by atoms with Gasteiger partial charge in [-0.2, -0.15) is 8.78 Å². The average molecular weight is 280 g/mol. The van der Waals surface area contributed by atoms with Crippen LogP contribution < -0.4 is 0 Å². The Kier molecular flexibility index (Phi) is 4.42. The number of benzene rings is 1. The molecule has 0 amide bonds. The summed E-state index contributed by atoms with van der Waals surface area (Å²) >= 11 is 0. The van der Waals surface area contributed by atoms with Crippen molar-refractivity contribution in [3.05, 3.63) is 29.8 Å². The Balaban J connectivity index is 3.43. The fourth-order valence-electron chi connectivity index (χ4n) is 1.58. The quantitative estimate of drug-likeness (QED) is 0.826. The molecule has 1 aromatic rings. The summed E-state index contributed by atoms with van der Waals surface area (Å²) < 4.78 is 62.1. The van der Waals surface area contributed by atoms with Crippen LogP contribution in [0.2, 0.25) is 0 Å². The molecule has 1 atom stereocenters. The highest BCUT2D eigenvalue weighted by Gasteiger charge is 2.47. The Labute approximate surface area is 105 Å². The van der Waals surface area contributed by atoms with Crippen LogP contribution in [0.25, 0.3) is 0 Å². The lowest BCUT2D eigenvalue weighted by Gasteiger charge is -2.18. The van der Waals surface area contributed by atoms with Crippen LogP contribution in [0.15, 0.2) is 29.2 Å². The third kappa shape index (κ3) is 2.53. The van der Waals surface area contributed by atoms with Gasteiger partial charge in [0.25, 0.3) is 0 Å². The summed E-state index contributed by atoms with van der Waals surface area (Å²) in [5.41, 5.74) is 0.299. The molecule has 1 aromatic carbocycles. The monoisotopic (exact) mass is 280 g/mol. The molecule has 1 unspecified atom stereocenters. The molecule has 0 aliphatic rings. The summed E-state index contributed by atoms with van der Waals surface area (Å²) in [6.07, 6.45) is 0.605. The zero-order valence-electron chi connectivity index (χ0n) is 10.2. The molecule has 1 rings (SSSR count). The van der Waals surface area contributed by atoms with E-state index in [0.717, 1.165) is 6.07 Å². The predicted octanol–water partition coefficient (Wildman–Crippen LogP) is 3.54. The van der Waals surface area contributed by atoms with E-state index in [0.29, 0.717) is 12.0 Å². The summed E-state index contributed by atoms with van der Waals surface area (Å²) in [6, 6.07) is 5.51. The zero-order chi connectivity index (χ0) is 14.0. The van der Waals surface area contributed by atoms with Crippen molar-refractivity contribution in [2.75, 3.05) is 6.67 Å². The molecule has 0 aromatic heterocycles. The molecule has 102 valence electrons. The number of rotatable bonds is 5. The summed E-state index contributed by atoms with van der Waals surface area (Å²) in [4.78, 5) is -0.484. The second kappa shape index (κ2) is 5.30. The van der Waals surface area contributed by atoms with E-state index in [-0.39, 0.29) is 5.92 Å². The molecule has 0 spiro atoms. The average Bonchev–Trinajstić information content (AvgIpc) is 2.37. The highest BCUT2D eigenvalue weighted by Crippen LogP contribution is 2.34. The normalized spacial score (nSPS) is 14.5. The fraction of sp³-hybridized carbons (Fsp3) is 0.500. The molecule has 0 N–H and O–H groups in total. The highest BCUT2D eigenvalue weighted by molar-refractivity contribution is 7.92. The minimum Gasteiger partial charge on any atom is -0.243 e. The van der Waals surface area contributed by atoms with Gasteiger partial charge in [0.2, 0.25) is 9.84 Å². The van der Waals surface area contributed by atoms with E-state index >= 15 is 0 Å². The predicted molar refractivity (Wildman–Crippen MR) is 63.3 cm³/mol. The molecule has 18 heavy (non-hydrogen) atoms. The van der Waals surface area contributed by atoms with Gasteiger partial charge in [-0.05, 0) is 24.0 Å². The van der Waals surface area contributed by atoms with Gasteiger partial charge in [-0.25, -0.2) is 12.8 Å². The van der Waals surface area contributed by atoms with E-state index in [1.807, 2.05) is 6.92 Å². The molecule has 2 nitrogen and oxygen atoms in total. The van der Waals surface area contributed by atoms with Crippen LogP contribution in [0.4, 0.5) is 13.2 Å². The summed E-state index contributed by atoms with van der Waals surface area (Å²) in [7, 11) is -4.98. The fourth-order valence-corrected chi connectivity index (χ4v) is 2.89. The summed E-state index contributed by atoms with van der Waals surface area (Å²) in [5, 5.41) is -4.38. The molecule has 0 aliphatic carbocycles. The number of hydrogen-bond donors (Lipinski definition) is 0. The zero-order valence-corrected chi connectivity index (χ0v) is 11.0. The van der Waals surface area contributed by atoms with E-state index in [9.17, 15) is 21.6 Å². The van der Waals surface area contributed by atoms with Crippen LogP contribution in [-0.4, -0.2) is 20.3 Å². The Morgan fingerprint density at radius 1 is 1.28 bits per heavy atom. The van der Waals surface area contributed by atoms with E-state index in [4.69, 9.17) is 0 Å². The van der Waals surface area contributed by atoms with Crippen LogP contribution in [0.1, 0.15) is 31.7 Å². The maximum atomic E-state index is 13.2. The molecule has 0 saturated carbocycles. The Hall–Kier alpha value is -1.04. The standard InChI is InChI=1S/C12H15F3O2S/c1-3-9(2)10-6-4-5-7-11(10)18(16,17)12(14,15)8-13/h4-7,9H,3,8H2,1-2H3. The summed E-state index contributed by atoms with van der Waals surface area (Å²) in [5.74, 6) is -0.189. The van der Waals surface area contributed by atoms with Gasteiger partial charge < -0.3 is 0 Å². The molecule has 0 fully saturated rings. The van der Waals surface area contributed by atoms with Gasteiger partial charge in [-0.3, -0.25) is 0 Å². The van der Waals surface area contributed by atoms with Crippen molar-refractivity contribution in [1.29, 1.82) is 0 Å². The Morgan fingerprint density at radius 3 is 2.33 bits per heavy atom. The van der Waals surface area contributed by atoms with Crippen LogP contribution >= 0.6 is 0 Å². The van der Waals surface area contributed by atoms with Crippen LogP contribution in [0.5, 0.6) is 0 Å². The second-order valence-corrected chi connectivity index (χ2v) is 6.17. The van der Waals surface area contributed by atoms with Gasteiger partial charge >= 0.3 is 5.25 Å². The van der Waals surface area contributed by atoms with Crippen LogP contribution in [0.3, 0.4) is 0 Å². The van der Waals surface area contributed by atoms with Gasteiger partial charge in [0, 0.05) is 0 Å². The van der Waals surface area contributed by atoms with Gasteiger partial charge in [-0.15, -0.1) is 0 Å². The molecule has 0 aliphatic heterocycles. The first-order valence-corrected chi connectivity index (χ1v) is 7.03. The Bertz CT molecular complexity index is 512. The van der Waals surface area contributed by atoms with Crippen molar-refractivity contribution in [3.8, 4) is 0 Å². The molecule has 0 radical (unpaired) electrons. The minimum atomic E-state index is -4.98. The lowest BCUT2D eigenvalue weighted by Crippen LogP contribution is -2.32. The molecular weight excluding hydrogens is 265 g/mol. The van der Waals surface area contributed by atoms with Gasteiger partial charge in [0.1, 0.15) is 0 Å². The molecule has 0 saturated heterocycles. The van der Waals surface area contributed by atoms with Crippen molar-refractivity contribution in [2.45, 2.75) is 36.3 Å². The summed E-state index contributed by atoms with van der Waals surface area (Å²) in [6.45, 7) is 1.34. The lowest BCUT2D eigenvalue weighted by atomic mass is 9.99. The highest BCUT2D eigenvalue weighted by atomic mass is 32.2. The maximum Gasteiger partial charge on any atom is 0.377 e. The third-order valence-corrected chi connectivity index (χ3v) is 4.75. The smallest absolute Gasteiger partial charge is 0.243 e. The first kappa shape index (κ1) is 15.0. The third-order valence-electron chi connectivity index (χ3n) is 2.90. The number of alkyl halides is 3. The van der Waals surface area contributed by atoms with Gasteiger partial charge in [0.05, 0.1) is 4.90 Å². The number of halogens is 3. The topological polar surface area (TPSA) is 34.1 Å². The molecule has 6 heteroatoms. The van der Waals surface area contributed by atoms with Gasteiger partial charge in [0.15, 0.2) is 6.67 Å². The maximum absolute atomic E-state index is 13.2.